The van der Waals surface area contributed by atoms with Gasteiger partial charge in [0, 0.05) is 10.6 Å². The van der Waals surface area contributed by atoms with Gasteiger partial charge in [-0.1, -0.05) is 35.9 Å². The quantitative estimate of drug-likeness (QED) is 0.543. The van der Waals surface area contributed by atoms with Gasteiger partial charge >= 0.3 is 0 Å². The molecule has 0 heterocycles. The Bertz CT molecular complexity index is 1150. The molecular formula is C23H22ClFN2O3S. The maximum absolute atomic E-state index is 13.1. The molecule has 3 rings (SSSR count). The second-order valence-electron chi connectivity index (χ2n) is 7.19. The number of amides is 1. The van der Waals surface area contributed by atoms with E-state index in [1.54, 1.807) is 67.6 Å². The molecule has 0 saturated carbocycles. The maximum atomic E-state index is 13.1. The van der Waals surface area contributed by atoms with Crippen LogP contribution in [0.3, 0.4) is 0 Å². The number of carbonyl (C=O) groups is 1. The number of anilines is 1. The summed E-state index contributed by atoms with van der Waals surface area (Å²) in [5, 5.41) is 3.42. The van der Waals surface area contributed by atoms with E-state index in [1.165, 1.54) is 16.4 Å². The van der Waals surface area contributed by atoms with E-state index in [-0.39, 0.29) is 24.3 Å². The molecular weight excluding hydrogens is 439 g/mol. The topological polar surface area (TPSA) is 66.5 Å². The molecule has 0 fully saturated rings. The van der Waals surface area contributed by atoms with Crippen molar-refractivity contribution >= 4 is 33.2 Å². The Labute approximate surface area is 186 Å². The molecule has 0 aliphatic rings. The minimum atomic E-state index is -3.55. The lowest BCUT2D eigenvalue weighted by Crippen LogP contribution is -2.29. The number of nitrogens with zero attached hydrogens (tertiary/aromatic N) is 1. The van der Waals surface area contributed by atoms with E-state index in [0.717, 1.165) is 17.4 Å². The Morgan fingerprint density at radius 1 is 1.00 bits per heavy atom. The Morgan fingerprint density at radius 3 is 2.13 bits per heavy atom. The van der Waals surface area contributed by atoms with Crippen LogP contribution in [0.15, 0.2) is 72.8 Å². The van der Waals surface area contributed by atoms with Crippen molar-refractivity contribution in [3.05, 3.63) is 100 Å². The number of rotatable bonds is 7. The average Bonchev–Trinajstić information content (AvgIpc) is 2.73. The molecule has 8 heteroatoms. The summed E-state index contributed by atoms with van der Waals surface area (Å²) in [5.74, 6) is -0.654. The third kappa shape index (κ3) is 6.06. The first kappa shape index (κ1) is 22.8. The fourth-order valence-electron chi connectivity index (χ4n) is 3.05. The van der Waals surface area contributed by atoms with Crippen molar-refractivity contribution in [3.63, 3.8) is 0 Å². The van der Waals surface area contributed by atoms with E-state index in [2.05, 4.69) is 5.32 Å². The molecule has 162 valence electrons. The van der Waals surface area contributed by atoms with E-state index in [9.17, 15) is 17.6 Å². The van der Waals surface area contributed by atoms with Gasteiger partial charge in [0.05, 0.1) is 24.5 Å². The van der Waals surface area contributed by atoms with Crippen LogP contribution in [0.4, 0.5) is 10.1 Å². The van der Waals surface area contributed by atoms with Crippen LogP contribution < -0.4 is 9.62 Å². The van der Waals surface area contributed by atoms with Crippen LogP contribution in [0.25, 0.3) is 0 Å². The van der Waals surface area contributed by atoms with Crippen LogP contribution in [-0.2, 0) is 16.6 Å². The van der Waals surface area contributed by atoms with Gasteiger partial charge in [-0.25, -0.2) is 12.8 Å². The fourth-order valence-corrected chi connectivity index (χ4v) is 4.06. The molecule has 0 saturated heterocycles. The van der Waals surface area contributed by atoms with Crippen molar-refractivity contribution in [2.75, 3.05) is 10.6 Å². The molecule has 0 bridgehead atoms. The van der Waals surface area contributed by atoms with Crippen LogP contribution in [-0.4, -0.2) is 20.6 Å². The van der Waals surface area contributed by atoms with E-state index < -0.39 is 10.0 Å². The normalized spacial score (nSPS) is 12.3. The zero-order valence-electron chi connectivity index (χ0n) is 17.0. The maximum Gasteiger partial charge on any atom is 0.251 e. The summed E-state index contributed by atoms with van der Waals surface area (Å²) >= 11 is 5.90. The minimum absolute atomic E-state index is 0.142. The average molecular weight is 461 g/mol. The van der Waals surface area contributed by atoms with Crippen molar-refractivity contribution in [1.29, 1.82) is 0 Å². The molecule has 3 aromatic carbocycles. The summed E-state index contributed by atoms with van der Waals surface area (Å²) in [6.45, 7) is 1.94. The van der Waals surface area contributed by atoms with Crippen LogP contribution in [0.5, 0.6) is 0 Å². The van der Waals surface area contributed by atoms with Gasteiger partial charge in [0.1, 0.15) is 5.82 Å². The van der Waals surface area contributed by atoms with Crippen molar-refractivity contribution < 1.29 is 17.6 Å². The third-order valence-corrected chi connectivity index (χ3v) is 6.17. The summed E-state index contributed by atoms with van der Waals surface area (Å²) in [7, 11) is -3.55. The summed E-state index contributed by atoms with van der Waals surface area (Å²) in [6.07, 6.45) is 1.13. The van der Waals surface area contributed by atoms with Crippen LogP contribution in [0, 0.1) is 5.82 Å². The lowest BCUT2D eigenvalue weighted by molar-refractivity contribution is 0.0940. The van der Waals surface area contributed by atoms with Gasteiger partial charge in [-0.2, -0.15) is 0 Å². The highest BCUT2D eigenvalue weighted by atomic mass is 35.5. The van der Waals surface area contributed by atoms with Crippen LogP contribution in [0.1, 0.15) is 34.5 Å². The number of halogens is 2. The minimum Gasteiger partial charge on any atom is -0.346 e. The molecule has 0 radical (unpaired) electrons. The monoisotopic (exact) mass is 460 g/mol. The zero-order chi connectivity index (χ0) is 22.6. The lowest BCUT2D eigenvalue weighted by Gasteiger charge is -2.23. The first-order valence-corrected chi connectivity index (χ1v) is 11.7. The highest BCUT2D eigenvalue weighted by molar-refractivity contribution is 7.92. The van der Waals surface area contributed by atoms with Gasteiger partial charge in [-0.15, -0.1) is 0 Å². The first-order chi connectivity index (χ1) is 14.6. The standard InChI is InChI=1S/C23H22ClFN2O3S/c1-16(18-5-11-21(25)12-6-18)26-23(28)19-7-13-22(14-8-19)27(31(2,29)30)15-17-3-9-20(24)10-4-17/h3-14,16H,15H2,1-2H3,(H,26,28)/t16-/m0/s1. The highest BCUT2D eigenvalue weighted by Gasteiger charge is 2.19. The van der Waals surface area contributed by atoms with E-state index >= 15 is 0 Å². The van der Waals surface area contributed by atoms with Crippen LogP contribution >= 0.6 is 11.6 Å². The molecule has 3 aromatic rings. The second kappa shape index (κ2) is 9.49. The van der Waals surface area contributed by atoms with E-state index in [1.807, 2.05) is 0 Å². The Kier molecular flexibility index (Phi) is 6.97. The largest absolute Gasteiger partial charge is 0.346 e. The van der Waals surface area contributed by atoms with Gasteiger partial charge in [0.2, 0.25) is 10.0 Å². The molecule has 0 aliphatic heterocycles. The molecule has 0 spiro atoms. The smallest absolute Gasteiger partial charge is 0.251 e. The Morgan fingerprint density at radius 2 is 1.58 bits per heavy atom. The van der Waals surface area contributed by atoms with E-state index in [4.69, 9.17) is 11.6 Å². The Balaban J connectivity index is 1.75. The summed E-state index contributed by atoms with van der Waals surface area (Å²) in [4.78, 5) is 12.6. The van der Waals surface area contributed by atoms with Gasteiger partial charge < -0.3 is 5.32 Å². The van der Waals surface area contributed by atoms with Gasteiger partial charge in [-0.3, -0.25) is 9.10 Å². The highest BCUT2D eigenvalue weighted by Crippen LogP contribution is 2.22. The zero-order valence-corrected chi connectivity index (χ0v) is 18.6. The van der Waals surface area contributed by atoms with Gasteiger partial charge in [0.25, 0.3) is 5.91 Å². The van der Waals surface area contributed by atoms with Gasteiger partial charge in [-0.05, 0) is 66.6 Å². The molecule has 0 unspecified atom stereocenters. The lowest BCUT2D eigenvalue weighted by atomic mass is 10.1. The fraction of sp³-hybridized carbons (Fsp3) is 0.174. The predicted octanol–water partition coefficient (Wildman–Crippen LogP) is 4.94. The number of benzene rings is 3. The molecule has 0 aliphatic carbocycles. The molecule has 0 aromatic heterocycles. The molecule has 1 atom stereocenters. The summed E-state index contributed by atoms with van der Waals surface area (Å²) < 4.78 is 39.0. The van der Waals surface area contributed by atoms with Crippen molar-refractivity contribution in [2.24, 2.45) is 0 Å². The number of carbonyl (C=O) groups excluding carboxylic acids is 1. The molecule has 5 nitrogen and oxygen atoms in total. The Hall–Kier alpha value is -2.90. The van der Waals surface area contributed by atoms with Gasteiger partial charge in [0.15, 0.2) is 0 Å². The summed E-state index contributed by atoms with van der Waals surface area (Å²) in [6, 6.07) is 18.9. The second-order valence-corrected chi connectivity index (χ2v) is 9.53. The van der Waals surface area contributed by atoms with E-state index in [0.29, 0.717) is 16.3 Å². The number of hydrogen-bond donors (Lipinski definition) is 1. The third-order valence-electron chi connectivity index (χ3n) is 4.77. The van der Waals surface area contributed by atoms with Crippen molar-refractivity contribution in [3.8, 4) is 0 Å². The van der Waals surface area contributed by atoms with Crippen LogP contribution in [0.2, 0.25) is 5.02 Å². The van der Waals surface area contributed by atoms with Crippen molar-refractivity contribution in [2.45, 2.75) is 19.5 Å². The molecule has 1 amide bonds. The number of hydrogen-bond acceptors (Lipinski definition) is 3. The predicted molar refractivity (Wildman–Crippen MR) is 121 cm³/mol. The SMILES string of the molecule is C[C@H](NC(=O)c1ccc(N(Cc2ccc(Cl)cc2)S(C)(=O)=O)cc1)c1ccc(F)cc1. The molecule has 1 N–H and O–H groups in total. The number of sulfonamides is 1. The summed E-state index contributed by atoms with van der Waals surface area (Å²) in [5.41, 5.74) is 2.39. The molecule has 31 heavy (non-hydrogen) atoms. The van der Waals surface area contributed by atoms with Crippen molar-refractivity contribution in [1.82, 2.24) is 5.32 Å². The number of nitrogens with one attached hydrogen (secondary N) is 1. The first-order valence-electron chi connectivity index (χ1n) is 9.52.